The summed E-state index contributed by atoms with van der Waals surface area (Å²) in [5, 5.41) is 5.37. The number of amides is 2. The molecule has 6 heteroatoms. The van der Waals surface area contributed by atoms with Gasteiger partial charge in [0, 0.05) is 11.4 Å². The molecule has 0 radical (unpaired) electrons. The second kappa shape index (κ2) is 10.0. The second-order valence-corrected chi connectivity index (χ2v) is 7.58. The lowest BCUT2D eigenvalue weighted by atomic mass is 10.1. The molecular formula is C21H26N2O3S. The van der Waals surface area contributed by atoms with Crippen LogP contribution in [0.15, 0.2) is 42.5 Å². The smallest absolute Gasteiger partial charge is 0.237 e. The molecular weight excluding hydrogens is 360 g/mol. The molecule has 0 saturated heterocycles. The van der Waals surface area contributed by atoms with E-state index in [1.54, 1.807) is 19.1 Å². The summed E-state index contributed by atoms with van der Waals surface area (Å²) in [5.41, 5.74) is 3.79. The van der Waals surface area contributed by atoms with Crippen molar-refractivity contribution in [2.45, 2.75) is 32.9 Å². The largest absolute Gasteiger partial charge is 0.494 e. The monoisotopic (exact) mass is 386 g/mol. The number of ether oxygens (including phenoxy) is 1. The Balaban J connectivity index is 1.79. The molecule has 0 bridgehead atoms. The fourth-order valence-electron chi connectivity index (χ4n) is 2.34. The van der Waals surface area contributed by atoms with Crippen LogP contribution >= 0.6 is 11.8 Å². The van der Waals surface area contributed by atoms with Crippen LogP contribution in [0.25, 0.3) is 0 Å². The molecule has 1 atom stereocenters. The first-order chi connectivity index (χ1) is 12.9. The molecule has 1 unspecified atom stereocenters. The number of anilines is 2. The van der Waals surface area contributed by atoms with E-state index in [1.165, 1.54) is 17.3 Å². The van der Waals surface area contributed by atoms with Gasteiger partial charge in [-0.3, -0.25) is 9.59 Å². The minimum Gasteiger partial charge on any atom is -0.494 e. The van der Waals surface area contributed by atoms with Gasteiger partial charge in [0.2, 0.25) is 11.8 Å². The van der Waals surface area contributed by atoms with Gasteiger partial charge in [-0.1, -0.05) is 6.07 Å². The highest BCUT2D eigenvalue weighted by atomic mass is 32.2. The van der Waals surface area contributed by atoms with E-state index in [-0.39, 0.29) is 22.8 Å². The summed E-state index contributed by atoms with van der Waals surface area (Å²) in [5.74, 6) is 0.721. The SMILES string of the molecule is CCOc1ccc(NC(=O)C(C)SCC(=O)Nc2ccc(C)c(C)c2)cc1. The van der Waals surface area contributed by atoms with Gasteiger partial charge in [-0.05, 0) is 75.2 Å². The van der Waals surface area contributed by atoms with Crippen LogP contribution in [0.2, 0.25) is 0 Å². The van der Waals surface area contributed by atoms with Gasteiger partial charge < -0.3 is 15.4 Å². The number of thioether (sulfide) groups is 1. The standard InChI is InChI=1S/C21H26N2O3S/c1-5-26-19-10-8-17(9-11-19)23-21(25)16(4)27-13-20(24)22-18-7-6-14(2)15(3)12-18/h6-12,16H,5,13H2,1-4H3,(H,22,24)(H,23,25). The maximum Gasteiger partial charge on any atom is 0.237 e. The number of carbonyl (C=O) groups is 2. The first-order valence-corrected chi connectivity index (χ1v) is 9.96. The molecule has 0 aliphatic rings. The number of nitrogens with one attached hydrogen (secondary N) is 2. The van der Waals surface area contributed by atoms with E-state index >= 15 is 0 Å². The van der Waals surface area contributed by atoms with E-state index in [0.29, 0.717) is 12.3 Å². The molecule has 0 heterocycles. The fourth-order valence-corrected chi connectivity index (χ4v) is 3.02. The van der Waals surface area contributed by atoms with Crippen LogP contribution < -0.4 is 15.4 Å². The van der Waals surface area contributed by atoms with Crippen molar-refractivity contribution in [1.29, 1.82) is 0 Å². The summed E-state index contributed by atoms with van der Waals surface area (Å²) in [6.45, 7) is 8.35. The van der Waals surface area contributed by atoms with Crippen molar-refractivity contribution in [1.82, 2.24) is 0 Å². The summed E-state index contributed by atoms with van der Waals surface area (Å²) in [6, 6.07) is 13.0. The van der Waals surface area contributed by atoms with Crippen molar-refractivity contribution in [2.24, 2.45) is 0 Å². The molecule has 2 aromatic rings. The Bertz CT molecular complexity index is 791. The van der Waals surface area contributed by atoms with Gasteiger partial charge in [-0.15, -0.1) is 11.8 Å². The van der Waals surface area contributed by atoms with E-state index < -0.39 is 0 Å². The molecule has 2 aromatic carbocycles. The second-order valence-electron chi connectivity index (χ2n) is 6.25. The van der Waals surface area contributed by atoms with E-state index in [9.17, 15) is 9.59 Å². The molecule has 27 heavy (non-hydrogen) atoms. The van der Waals surface area contributed by atoms with Crippen molar-refractivity contribution < 1.29 is 14.3 Å². The van der Waals surface area contributed by atoms with Gasteiger partial charge in [0.25, 0.3) is 0 Å². The third-order valence-electron chi connectivity index (χ3n) is 4.06. The first kappa shape index (κ1) is 20.8. The molecule has 144 valence electrons. The summed E-state index contributed by atoms with van der Waals surface area (Å²) in [6.07, 6.45) is 0. The predicted molar refractivity (Wildman–Crippen MR) is 113 cm³/mol. The van der Waals surface area contributed by atoms with Crippen LogP contribution in [-0.2, 0) is 9.59 Å². The molecule has 2 N–H and O–H groups in total. The van der Waals surface area contributed by atoms with Crippen LogP contribution in [0.1, 0.15) is 25.0 Å². The Morgan fingerprint density at radius 3 is 2.30 bits per heavy atom. The molecule has 5 nitrogen and oxygen atoms in total. The average Bonchev–Trinajstić information content (AvgIpc) is 2.64. The van der Waals surface area contributed by atoms with Crippen molar-refractivity contribution in [2.75, 3.05) is 23.0 Å². The van der Waals surface area contributed by atoms with Crippen LogP contribution in [-0.4, -0.2) is 29.4 Å². The molecule has 0 fully saturated rings. The lowest BCUT2D eigenvalue weighted by molar-refractivity contribution is -0.115. The Kier molecular flexibility index (Phi) is 7.73. The lowest BCUT2D eigenvalue weighted by Crippen LogP contribution is -2.25. The number of carbonyl (C=O) groups excluding carboxylic acids is 2. The minimum absolute atomic E-state index is 0.121. The predicted octanol–water partition coefficient (Wildman–Crippen LogP) is 4.40. The van der Waals surface area contributed by atoms with Crippen molar-refractivity contribution in [3.05, 3.63) is 53.6 Å². The number of benzene rings is 2. The Morgan fingerprint density at radius 2 is 1.67 bits per heavy atom. The van der Waals surface area contributed by atoms with Crippen molar-refractivity contribution in [3.8, 4) is 5.75 Å². The summed E-state index contributed by atoms with van der Waals surface area (Å²) < 4.78 is 5.38. The molecule has 0 aromatic heterocycles. The van der Waals surface area contributed by atoms with Crippen LogP contribution in [0.3, 0.4) is 0 Å². The first-order valence-electron chi connectivity index (χ1n) is 8.91. The highest BCUT2D eigenvalue weighted by Gasteiger charge is 2.15. The Labute approximate surface area is 164 Å². The maximum atomic E-state index is 12.3. The third-order valence-corrected chi connectivity index (χ3v) is 5.20. The van der Waals surface area contributed by atoms with Gasteiger partial charge in [-0.25, -0.2) is 0 Å². The summed E-state index contributed by atoms with van der Waals surface area (Å²) in [4.78, 5) is 24.4. The molecule has 0 aliphatic carbocycles. The van der Waals surface area contributed by atoms with Gasteiger partial charge in [0.1, 0.15) is 5.75 Å². The quantitative estimate of drug-likeness (QED) is 0.706. The van der Waals surface area contributed by atoms with Gasteiger partial charge in [-0.2, -0.15) is 0 Å². The summed E-state index contributed by atoms with van der Waals surface area (Å²) in [7, 11) is 0. The summed E-state index contributed by atoms with van der Waals surface area (Å²) >= 11 is 1.30. The Morgan fingerprint density at radius 1 is 1.00 bits per heavy atom. The number of aryl methyl sites for hydroxylation is 2. The zero-order chi connectivity index (χ0) is 19.8. The fraction of sp³-hybridized carbons (Fsp3) is 0.333. The van der Waals surface area contributed by atoms with E-state index in [0.717, 1.165) is 17.0 Å². The van der Waals surface area contributed by atoms with Crippen molar-refractivity contribution in [3.63, 3.8) is 0 Å². The van der Waals surface area contributed by atoms with Crippen LogP contribution in [0.5, 0.6) is 5.75 Å². The minimum atomic E-state index is -0.345. The molecule has 0 aliphatic heterocycles. The number of rotatable bonds is 8. The topological polar surface area (TPSA) is 67.4 Å². The highest BCUT2D eigenvalue weighted by Crippen LogP contribution is 2.19. The van der Waals surface area contributed by atoms with E-state index in [4.69, 9.17) is 4.74 Å². The molecule has 0 spiro atoms. The van der Waals surface area contributed by atoms with Crippen LogP contribution in [0.4, 0.5) is 11.4 Å². The van der Waals surface area contributed by atoms with Gasteiger partial charge >= 0.3 is 0 Å². The molecule has 0 saturated carbocycles. The molecule has 2 rings (SSSR count). The zero-order valence-corrected chi connectivity index (χ0v) is 17.0. The zero-order valence-electron chi connectivity index (χ0n) is 16.2. The number of hydrogen-bond acceptors (Lipinski definition) is 4. The van der Waals surface area contributed by atoms with Crippen LogP contribution in [0, 0.1) is 13.8 Å². The third kappa shape index (κ3) is 6.64. The van der Waals surface area contributed by atoms with E-state index in [2.05, 4.69) is 10.6 Å². The maximum absolute atomic E-state index is 12.3. The van der Waals surface area contributed by atoms with E-state index in [1.807, 2.05) is 51.1 Å². The Hall–Kier alpha value is -2.47. The highest BCUT2D eigenvalue weighted by molar-refractivity contribution is 8.01. The normalized spacial score (nSPS) is 11.6. The molecule has 2 amide bonds. The van der Waals surface area contributed by atoms with Gasteiger partial charge in [0.15, 0.2) is 0 Å². The van der Waals surface area contributed by atoms with Gasteiger partial charge in [0.05, 0.1) is 17.6 Å². The van der Waals surface area contributed by atoms with Crippen molar-refractivity contribution >= 4 is 35.0 Å². The lowest BCUT2D eigenvalue weighted by Gasteiger charge is -2.13. The average molecular weight is 387 g/mol. The number of hydrogen-bond donors (Lipinski definition) is 2.